The van der Waals surface area contributed by atoms with Gasteiger partial charge >= 0.3 is 0 Å². The fraction of sp³-hybridized carbons (Fsp3) is 0.100. The molecule has 0 aliphatic heterocycles. The third kappa shape index (κ3) is 4.00. The van der Waals surface area contributed by atoms with E-state index in [1.807, 2.05) is 12.2 Å². The van der Waals surface area contributed by atoms with Crippen LogP contribution in [0.15, 0.2) is 73.8 Å². The SMILES string of the molecule is C=CCc1ccc(C#Cc2ccc(CC=C)cc2)cc1. The van der Waals surface area contributed by atoms with Gasteiger partial charge in [-0.3, -0.25) is 0 Å². The van der Waals surface area contributed by atoms with Crippen LogP contribution in [0, 0.1) is 11.8 Å². The summed E-state index contributed by atoms with van der Waals surface area (Å²) in [6, 6.07) is 16.6. The largest absolute Gasteiger partial charge is 0.103 e. The van der Waals surface area contributed by atoms with Crippen LogP contribution in [0.2, 0.25) is 0 Å². The predicted molar refractivity (Wildman–Crippen MR) is 86.7 cm³/mol. The Balaban J connectivity index is 2.09. The van der Waals surface area contributed by atoms with Crippen molar-refractivity contribution in [2.24, 2.45) is 0 Å². The first kappa shape index (κ1) is 13.9. The van der Waals surface area contributed by atoms with Crippen LogP contribution in [0.25, 0.3) is 0 Å². The smallest absolute Gasteiger partial charge is 0.0249 e. The van der Waals surface area contributed by atoms with Crippen LogP contribution >= 0.6 is 0 Å². The van der Waals surface area contributed by atoms with E-state index in [-0.39, 0.29) is 0 Å². The lowest BCUT2D eigenvalue weighted by atomic mass is 10.1. The predicted octanol–water partition coefficient (Wildman–Crippen LogP) is 4.54. The molecular formula is C20H18. The lowest BCUT2D eigenvalue weighted by Crippen LogP contribution is -1.82. The molecule has 0 amide bonds. The molecular weight excluding hydrogens is 240 g/mol. The lowest BCUT2D eigenvalue weighted by molar-refractivity contribution is 1.27. The average Bonchev–Trinajstić information content (AvgIpc) is 2.49. The van der Waals surface area contributed by atoms with Gasteiger partial charge in [-0.25, -0.2) is 0 Å². The van der Waals surface area contributed by atoms with Crippen LogP contribution in [-0.4, -0.2) is 0 Å². The minimum Gasteiger partial charge on any atom is -0.103 e. The van der Waals surface area contributed by atoms with E-state index in [9.17, 15) is 0 Å². The van der Waals surface area contributed by atoms with Crippen LogP contribution in [0.1, 0.15) is 22.3 Å². The zero-order valence-electron chi connectivity index (χ0n) is 11.6. The van der Waals surface area contributed by atoms with E-state index in [2.05, 4.69) is 73.5 Å². The Morgan fingerprint density at radius 1 is 0.650 bits per heavy atom. The molecule has 0 heteroatoms. The third-order valence-corrected chi connectivity index (χ3v) is 3.02. The molecule has 0 aliphatic carbocycles. The summed E-state index contributed by atoms with van der Waals surface area (Å²) in [7, 11) is 0. The summed E-state index contributed by atoms with van der Waals surface area (Å²) >= 11 is 0. The summed E-state index contributed by atoms with van der Waals surface area (Å²) in [5.41, 5.74) is 4.60. The Bertz CT molecular complexity index is 574. The number of rotatable bonds is 4. The summed E-state index contributed by atoms with van der Waals surface area (Å²) < 4.78 is 0. The van der Waals surface area contributed by atoms with Crippen molar-refractivity contribution in [1.82, 2.24) is 0 Å². The highest BCUT2D eigenvalue weighted by molar-refractivity contribution is 5.44. The highest BCUT2D eigenvalue weighted by Gasteiger charge is 1.92. The Morgan fingerprint density at radius 3 is 1.30 bits per heavy atom. The van der Waals surface area contributed by atoms with E-state index in [0.717, 1.165) is 24.0 Å². The van der Waals surface area contributed by atoms with Gasteiger partial charge in [0.2, 0.25) is 0 Å². The number of benzene rings is 2. The Hall–Kier alpha value is -2.52. The molecule has 0 aliphatic rings. The van der Waals surface area contributed by atoms with E-state index >= 15 is 0 Å². The Kier molecular flexibility index (Phi) is 4.98. The minimum atomic E-state index is 0.901. The van der Waals surface area contributed by atoms with Gasteiger partial charge < -0.3 is 0 Å². The first-order valence-corrected chi connectivity index (χ1v) is 6.73. The van der Waals surface area contributed by atoms with E-state index < -0.39 is 0 Å². The molecule has 2 aromatic carbocycles. The normalized spacial score (nSPS) is 9.40. The van der Waals surface area contributed by atoms with Crippen LogP contribution < -0.4 is 0 Å². The van der Waals surface area contributed by atoms with Crippen LogP contribution in [0.3, 0.4) is 0 Å². The molecule has 0 saturated heterocycles. The molecule has 20 heavy (non-hydrogen) atoms. The first-order valence-electron chi connectivity index (χ1n) is 6.73. The fourth-order valence-corrected chi connectivity index (χ4v) is 1.93. The van der Waals surface area contributed by atoms with Crippen molar-refractivity contribution in [3.8, 4) is 11.8 Å². The molecule has 0 nitrogen and oxygen atoms in total. The molecule has 0 spiro atoms. The van der Waals surface area contributed by atoms with Crippen LogP contribution in [0.5, 0.6) is 0 Å². The van der Waals surface area contributed by atoms with Crippen molar-refractivity contribution in [3.63, 3.8) is 0 Å². The topological polar surface area (TPSA) is 0 Å². The zero-order chi connectivity index (χ0) is 14.2. The molecule has 0 atom stereocenters. The second-order valence-corrected chi connectivity index (χ2v) is 4.63. The highest BCUT2D eigenvalue weighted by Crippen LogP contribution is 2.07. The molecule has 0 aromatic heterocycles. The summed E-state index contributed by atoms with van der Waals surface area (Å²) in [5.74, 6) is 6.37. The lowest BCUT2D eigenvalue weighted by Gasteiger charge is -1.97. The Morgan fingerprint density at radius 2 is 1.00 bits per heavy atom. The molecule has 0 heterocycles. The summed E-state index contributed by atoms with van der Waals surface area (Å²) in [4.78, 5) is 0. The van der Waals surface area contributed by atoms with Gasteiger partial charge in [0.15, 0.2) is 0 Å². The van der Waals surface area contributed by atoms with Gasteiger partial charge in [-0.05, 0) is 48.2 Å². The van der Waals surface area contributed by atoms with E-state index in [1.54, 1.807) is 0 Å². The molecule has 0 bridgehead atoms. The van der Waals surface area contributed by atoms with E-state index in [0.29, 0.717) is 0 Å². The van der Waals surface area contributed by atoms with E-state index in [1.165, 1.54) is 11.1 Å². The van der Waals surface area contributed by atoms with Crippen molar-refractivity contribution < 1.29 is 0 Å². The first-order chi connectivity index (χ1) is 9.81. The van der Waals surface area contributed by atoms with Gasteiger partial charge in [0, 0.05) is 11.1 Å². The van der Waals surface area contributed by atoms with Crippen LogP contribution in [0.4, 0.5) is 0 Å². The molecule has 0 unspecified atom stereocenters. The third-order valence-electron chi connectivity index (χ3n) is 3.02. The molecule has 0 fully saturated rings. The number of hydrogen-bond donors (Lipinski definition) is 0. The summed E-state index contributed by atoms with van der Waals surface area (Å²) in [6.45, 7) is 7.48. The monoisotopic (exact) mass is 258 g/mol. The van der Waals surface area contributed by atoms with Gasteiger partial charge in [0.05, 0.1) is 0 Å². The van der Waals surface area contributed by atoms with Crippen molar-refractivity contribution in [2.45, 2.75) is 12.8 Å². The van der Waals surface area contributed by atoms with Crippen molar-refractivity contribution in [3.05, 3.63) is 96.1 Å². The van der Waals surface area contributed by atoms with Gasteiger partial charge in [-0.2, -0.15) is 0 Å². The van der Waals surface area contributed by atoms with Gasteiger partial charge in [0.25, 0.3) is 0 Å². The van der Waals surface area contributed by atoms with Crippen molar-refractivity contribution >= 4 is 0 Å². The molecule has 2 aromatic rings. The number of allylic oxidation sites excluding steroid dienone is 2. The standard InChI is InChI=1S/C20H18/c1-3-5-17-7-11-19(12-8-17)15-16-20-13-9-18(6-4-2)10-14-20/h3-4,7-14H,1-2,5-6H2. The summed E-state index contributed by atoms with van der Waals surface area (Å²) in [6.07, 6.45) is 5.62. The van der Waals surface area contributed by atoms with Crippen molar-refractivity contribution in [2.75, 3.05) is 0 Å². The maximum Gasteiger partial charge on any atom is 0.0249 e. The average molecular weight is 258 g/mol. The minimum absolute atomic E-state index is 0.901. The second-order valence-electron chi connectivity index (χ2n) is 4.63. The highest BCUT2D eigenvalue weighted by atomic mass is 14.0. The molecule has 0 saturated carbocycles. The summed E-state index contributed by atoms with van der Waals surface area (Å²) in [5, 5.41) is 0. The maximum atomic E-state index is 3.74. The maximum absolute atomic E-state index is 3.74. The van der Waals surface area contributed by atoms with Gasteiger partial charge in [0.1, 0.15) is 0 Å². The quantitative estimate of drug-likeness (QED) is 0.558. The van der Waals surface area contributed by atoms with Gasteiger partial charge in [-0.1, -0.05) is 48.3 Å². The van der Waals surface area contributed by atoms with Gasteiger partial charge in [-0.15, -0.1) is 13.2 Å². The Labute approximate surface area is 121 Å². The molecule has 2 rings (SSSR count). The van der Waals surface area contributed by atoms with E-state index in [4.69, 9.17) is 0 Å². The molecule has 0 N–H and O–H groups in total. The molecule has 98 valence electrons. The molecule has 0 radical (unpaired) electrons. The van der Waals surface area contributed by atoms with Crippen molar-refractivity contribution in [1.29, 1.82) is 0 Å². The second kappa shape index (κ2) is 7.16. The van der Waals surface area contributed by atoms with Crippen LogP contribution in [-0.2, 0) is 12.8 Å². The zero-order valence-corrected chi connectivity index (χ0v) is 11.6. The number of hydrogen-bond acceptors (Lipinski definition) is 0. The fourth-order valence-electron chi connectivity index (χ4n) is 1.93.